The minimum absolute atomic E-state index is 0.429. The zero-order valence-electron chi connectivity index (χ0n) is 12.1. The Morgan fingerprint density at radius 3 is 1.65 bits per heavy atom. The van der Waals surface area contributed by atoms with E-state index in [1.807, 2.05) is 41.5 Å². The molecular formula is C12H28NO3P. The van der Waals surface area contributed by atoms with Crippen LogP contribution in [0.4, 0.5) is 0 Å². The van der Waals surface area contributed by atoms with Gasteiger partial charge >= 0.3 is 7.60 Å². The van der Waals surface area contributed by atoms with E-state index in [0.717, 1.165) is 12.8 Å². The molecule has 5 heteroatoms. The third-order valence-corrected chi connectivity index (χ3v) is 4.23. The van der Waals surface area contributed by atoms with E-state index in [1.54, 1.807) is 0 Å². The van der Waals surface area contributed by atoms with Crippen molar-refractivity contribution >= 4 is 7.60 Å². The molecule has 0 aliphatic carbocycles. The molecule has 0 bridgehead atoms. The fourth-order valence-corrected chi connectivity index (χ4v) is 3.89. The van der Waals surface area contributed by atoms with Gasteiger partial charge in [0, 0.05) is 0 Å². The summed E-state index contributed by atoms with van der Waals surface area (Å²) in [4.78, 5) is 0. The first-order valence-electron chi connectivity index (χ1n) is 6.18. The number of hydrogen-bond acceptors (Lipinski definition) is 4. The zero-order valence-corrected chi connectivity index (χ0v) is 13.0. The first-order chi connectivity index (χ1) is 7.47. The maximum absolute atomic E-state index is 12.6. The fourth-order valence-electron chi connectivity index (χ4n) is 1.39. The van der Waals surface area contributed by atoms with Crippen molar-refractivity contribution in [2.75, 3.05) is 12.7 Å². The van der Waals surface area contributed by atoms with E-state index < -0.39 is 18.8 Å². The van der Waals surface area contributed by atoms with Gasteiger partial charge in [-0.25, -0.2) is 0 Å². The summed E-state index contributed by atoms with van der Waals surface area (Å²) in [6.45, 7) is 11.9. The minimum Gasteiger partial charge on any atom is -0.330 e. The lowest BCUT2D eigenvalue weighted by Gasteiger charge is -2.32. The summed E-state index contributed by atoms with van der Waals surface area (Å²) in [7, 11) is -3.05. The molecule has 0 radical (unpaired) electrons. The monoisotopic (exact) mass is 265 g/mol. The lowest BCUT2D eigenvalue weighted by molar-refractivity contribution is 0.0491. The summed E-state index contributed by atoms with van der Waals surface area (Å²) < 4.78 is 23.9. The highest BCUT2D eigenvalue weighted by atomic mass is 31.2. The Morgan fingerprint density at radius 2 is 1.35 bits per heavy atom. The molecule has 104 valence electrons. The molecule has 0 saturated heterocycles. The molecule has 0 aromatic carbocycles. The van der Waals surface area contributed by atoms with Crippen molar-refractivity contribution in [3.63, 3.8) is 0 Å². The molecule has 0 amide bonds. The Balaban J connectivity index is 4.64. The molecule has 2 N–H and O–H groups in total. The topological polar surface area (TPSA) is 61.5 Å². The van der Waals surface area contributed by atoms with Crippen molar-refractivity contribution < 1.29 is 13.6 Å². The first-order valence-corrected chi connectivity index (χ1v) is 7.91. The predicted octanol–water partition coefficient (Wildman–Crippen LogP) is 3.55. The van der Waals surface area contributed by atoms with Gasteiger partial charge in [-0.3, -0.25) is 4.57 Å². The first kappa shape index (κ1) is 17.1. The number of rotatable bonds is 6. The van der Waals surface area contributed by atoms with Crippen molar-refractivity contribution in [2.24, 2.45) is 5.73 Å². The molecule has 0 aromatic rings. The van der Waals surface area contributed by atoms with Crippen LogP contribution in [0.3, 0.4) is 0 Å². The second kappa shape index (κ2) is 6.33. The molecule has 0 saturated carbocycles. The highest BCUT2D eigenvalue weighted by Crippen LogP contribution is 2.54. The van der Waals surface area contributed by atoms with Gasteiger partial charge in [0.15, 0.2) is 0 Å². The molecular weight excluding hydrogens is 237 g/mol. The molecule has 17 heavy (non-hydrogen) atoms. The normalized spacial score (nSPS) is 14.1. The van der Waals surface area contributed by atoms with Crippen LogP contribution in [-0.4, -0.2) is 23.9 Å². The van der Waals surface area contributed by atoms with Crippen LogP contribution >= 0.6 is 7.60 Å². The van der Waals surface area contributed by atoms with Gasteiger partial charge in [0.1, 0.15) is 0 Å². The number of nitrogens with two attached hydrogens (primary N) is 1. The molecule has 4 nitrogen and oxygen atoms in total. The van der Waals surface area contributed by atoms with Crippen LogP contribution in [-0.2, 0) is 13.6 Å². The number of hydrogen-bond donors (Lipinski definition) is 1. The zero-order chi connectivity index (χ0) is 13.7. The van der Waals surface area contributed by atoms with E-state index in [2.05, 4.69) is 0 Å². The van der Waals surface area contributed by atoms with Gasteiger partial charge in [-0.15, -0.1) is 0 Å². The Morgan fingerprint density at radius 1 is 0.941 bits per heavy atom. The maximum atomic E-state index is 12.6. The van der Waals surface area contributed by atoms with Crippen molar-refractivity contribution in [1.82, 2.24) is 0 Å². The molecule has 0 rings (SSSR count). The van der Waals surface area contributed by atoms with Crippen LogP contribution in [0.25, 0.3) is 0 Å². The molecule has 0 aliphatic heterocycles. The minimum atomic E-state index is -3.05. The third kappa shape index (κ3) is 9.78. The standard InChI is InChI=1S/C12H28NO3P/c1-11(2,3)15-17(14,10-8-7-9-13)16-12(4,5)6/h7-10,13H2,1-6H3. The lowest BCUT2D eigenvalue weighted by Crippen LogP contribution is -2.25. The van der Waals surface area contributed by atoms with Crippen LogP contribution in [0.15, 0.2) is 0 Å². The maximum Gasteiger partial charge on any atom is 0.331 e. The summed E-state index contributed by atoms with van der Waals surface area (Å²) in [5, 5.41) is 0. The third-order valence-electron chi connectivity index (χ3n) is 1.71. The van der Waals surface area contributed by atoms with Gasteiger partial charge in [-0.05, 0) is 60.9 Å². The van der Waals surface area contributed by atoms with E-state index in [0.29, 0.717) is 12.7 Å². The van der Waals surface area contributed by atoms with Crippen molar-refractivity contribution in [1.29, 1.82) is 0 Å². The summed E-state index contributed by atoms with van der Waals surface area (Å²) in [5.41, 5.74) is 4.50. The van der Waals surface area contributed by atoms with Crippen molar-refractivity contribution in [3.8, 4) is 0 Å². The second-order valence-corrected chi connectivity index (χ2v) is 8.27. The molecule has 0 aromatic heterocycles. The van der Waals surface area contributed by atoms with Gasteiger partial charge in [-0.2, -0.15) is 0 Å². The van der Waals surface area contributed by atoms with Gasteiger partial charge < -0.3 is 14.8 Å². The second-order valence-electron chi connectivity index (χ2n) is 6.24. The average molecular weight is 265 g/mol. The Kier molecular flexibility index (Phi) is 6.37. The molecule has 0 aliphatic rings. The van der Waals surface area contributed by atoms with Crippen molar-refractivity contribution in [2.45, 2.75) is 65.6 Å². The quantitative estimate of drug-likeness (QED) is 0.589. The van der Waals surface area contributed by atoms with Crippen molar-refractivity contribution in [3.05, 3.63) is 0 Å². The average Bonchev–Trinajstić information content (AvgIpc) is 1.96. The summed E-state index contributed by atoms with van der Waals surface area (Å²) in [6.07, 6.45) is 2.03. The molecule has 0 fully saturated rings. The largest absolute Gasteiger partial charge is 0.331 e. The van der Waals surface area contributed by atoms with E-state index in [1.165, 1.54) is 0 Å². The van der Waals surface area contributed by atoms with E-state index in [-0.39, 0.29) is 0 Å². The molecule has 0 heterocycles. The smallest absolute Gasteiger partial charge is 0.330 e. The molecule has 0 atom stereocenters. The molecule has 0 spiro atoms. The van der Waals surface area contributed by atoms with E-state index in [4.69, 9.17) is 14.8 Å². The van der Waals surface area contributed by atoms with Crippen LogP contribution in [0, 0.1) is 0 Å². The van der Waals surface area contributed by atoms with Crippen LogP contribution in [0.2, 0.25) is 0 Å². The highest BCUT2D eigenvalue weighted by molar-refractivity contribution is 7.53. The van der Waals surface area contributed by atoms with Gasteiger partial charge in [0.25, 0.3) is 0 Å². The van der Waals surface area contributed by atoms with Crippen LogP contribution < -0.4 is 5.73 Å². The summed E-state index contributed by atoms with van der Waals surface area (Å²) in [5.74, 6) is 0. The lowest BCUT2D eigenvalue weighted by atomic mass is 10.2. The van der Waals surface area contributed by atoms with Gasteiger partial charge in [0.2, 0.25) is 0 Å². The SMILES string of the molecule is CC(C)(C)OP(=O)(CCCCN)OC(C)(C)C. The van der Waals surface area contributed by atoms with Crippen LogP contribution in [0.1, 0.15) is 54.4 Å². The van der Waals surface area contributed by atoms with Gasteiger partial charge in [0.05, 0.1) is 17.4 Å². The predicted molar refractivity (Wildman–Crippen MR) is 72.4 cm³/mol. The summed E-state index contributed by atoms with van der Waals surface area (Å²) in [6, 6.07) is 0. The summed E-state index contributed by atoms with van der Waals surface area (Å²) >= 11 is 0. The Labute approximate surface area is 106 Å². The highest BCUT2D eigenvalue weighted by Gasteiger charge is 2.34. The number of unbranched alkanes of at least 4 members (excludes halogenated alkanes) is 1. The van der Waals surface area contributed by atoms with E-state index in [9.17, 15) is 4.57 Å². The van der Waals surface area contributed by atoms with E-state index >= 15 is 0 Å². The van der Waals surface area contributed by atoms with Gasteiger partial charge in [-0.1, -0.05) is 0 Å². The molecule has 0 unspecified atom stereocenters. The Hall–Kier alpha value is 0.110. The van der Waals surface area contributed by atoms with Crippen LogP contribution in [0.5, 0.6) is 0 Å². The Bertz CT molecular complexity index is 246. The fraction of sp³-hybridized carbons (Fsp3) is 1.00.